The SMILES string of the molecule is Cc1ccc2nc(C)cc(C(=O)N(C)CCCc3cc(-c4ccccc4)no3)c2c1. The first-order valence-electron chi connectivity index (χ1n) is 10.2. The van der Waals surface area contributed by atoms with Crippen LogP contribution in [-0.2, 0) is 6.42 Å². The van der Waals surface area contributed by atoms with Crippen LogP contribution in [0.3, 0.4) is 0 Å². The van der Waals surface area contributed by atoms with Crippen LogP contribution in [0.2, 0.25) is 0 Å². The van der Waals surface area contributed by atoms with E-state index in [1.165, 1.54) is 0 Å². The van der Waals surface area contributed by atoms with E-state index in [0.717, 1.165) is 52.0 Å². The summed E-state index contributed by atoms with van der Waals surface area (Å²) in [6.07, 6.45) is 1.53. The minimum Gasteiger partial charge on any atom is -0.361 e. The summed E-state index contributed by atoms with van der Waals surface area (Å²) in [6, 6.07) is 19.8. The average molecular weight is 399 g/mol. The molecule has 0 saturated carbocycles. The predicted molar refractivity (Wildman–Crippen MR) is 118 cm³/mol. The quantitative estimate of drug-likeness (QED) is 0.446. The number of pyridine rings is 1. The van der Waals surface area contributed by atoms with Gasteiger partial charge in [0.25, 0.3) is 5.91 Å². The number of fused-ring (bicyclic) bond motifs is 1. The van der Waals surface area contributed by atoms with Crippen molar-refractivity contribution in [3.63, 3.8) is 0 Å². The molecule has 0 N–H and O–H groups in total. The zero-order valence-electron chi connectivity index (χ0n) is 17.6. The highest BCUT2D eigenvalue weighted by molar-refractivity contribution is 6.06. The Labute approximate surface area is 176 Å². The van der Waals surface area contributed by atoms with E-state index >= 15 is 0 Å². The lowest BCUT2D eigenvalue weighted by Crippen LogP contribution is -2.28. The minimum absolute atomic E-state index is 0.0126. The van der Waals surface area contributed by atoms with E-state index in [4.69, 9.17) is 4.52 Å². The Morgan fingerprint density at radius 1 is 1.03 bits per heavy atom. The summed E-state index contributed by atoms with van der Waals surface area (Å²) < 4.78 is 5.47. The van der Waals surface area contributed by atoms with E-state index in [-0.39, 0.29) is 5.91 Å². The minimum atomic E-state index is 0.0126. The Kier molecular flexibility index (Phi) is 5.61. The first kappa shape index (κ1) is 19.8. The fourth-order valence-electron chi connectivity index (χ4n) is 3.62. The van der Waals surface area contributed by atoms with E-state index in [2.05, 4.69) is 10.1 Å². The van der Waals surface area contributed by atoms with Crippen LogP contribution in [0.15, 0.2) is 65.2 Å². The normalized spacial score (nSPS) is 11.0. The second-order valence-corrected chi connectivity index (χ2v) is 7.71. The van der Waals surface area contributed by atoms with Gasteiger partial charge in [-0.05, 0) is 38.5 Å². The Balaban J connectivity index is 1.42. The van der Waals surface area contributed by atoms with Gasteiger partial charge in [0.05, 0.1) is 11.1 Å². The molecule has 1 amide bonds. The maximum absolute atomic E-state index is 13.1. The molecule has 0 radical (unpaired) electrons. The topological polar surface area (TPSA) is 59.2 Å². The number of carbonyl (C=O) groups is 1. The summed E-state index contributed by atoms with van der Waals surface area (Å²) in [4.78, 5) is 19.4. The van der Waals surface area contributed by atoms with Crippen LogP contribution in [-0.4, -0.2) is 34.5 Å². The zero-order valence-corrected chi connectivity index (χ0v) is 17.6. The number of nitrogens with zero attached hydrogens (tertiary/aromatic N) is 3. The van der Waals surface area contributed by atoms with Crippen LogP contribution in [0.4, 0.5) is 0 Å². The lowest BCUT2D eigenvalue weighted by Gasteiger charge is -2.18. The van der Waals surface area contributed by atoms with Crippen molar-refractivity contribution in [1.29, 1.82) is 0 Å². The van der Waals surface area contributed by atoms with Crippen molar-refractivity contribution in [2.24, 2.45) is 0 Å². The average Bonchev–Trinajstić information content (AvgIpc) is 3.22. The van der Waals surface area contributed by atoms with Crippen LogP contribution >= 0.6 is 0 Å². The fraction of sp³-hybridized carbons (Fsp3) is 0.240. The van der Waals surface area contributed by atoms with E-state index in [1.807, 2.05) is 81.6 Å². The molecule has 30 heavy (non-hydrogen) atoms. The van der Waals surface area contributed by atoms with E-state index in [1.54, 1.807) is 4.90 Å². The highest BCUT2D eigenvalue weighted by Crippen LogP contribution is 2.22. The van der Waals surface area contributed by atoms with Gasteiger partial charge in [-0.3, -0.25) is 9.78 Å². The van der Waals surface area contributed by atoms with E-state index in [0.29, 0.717) is 12.1 Å². The Morgan fingerprint density at radius 3 is 2.63 bits per heavy atom. The third-order valence-corrected chi connectivity index (χ3v) is 5.21. The molecule has 0 bridgehead atoms. The molecule has 2 aromatic carbocycles. The monoisotopic (exact) mass is 399 g/mol. The molecule has 4 rings (SSSR count). The molecule has 0 unspecified atom stereocenters. The summed E-state index contributed by atoms with van der Waals surface area (Å²) in [6.45, 7) is 4.58. The third-order valence-electron chi connectivity index (χ3n) is 5.21. The molecule has 2 heterocycles. The first-order chi connectivity index (χ1) is 14.5. The highest BCUT2D eigenvalue weighted by atomic mass is 16.5. The molecule has 5 heteroatoms. The summed E-state index contributed by atoms with van der Waals surface area (Å²) in [7, 11) is 1.84. The number of carbonyl (C=O) groups excluding carboxylic acids is 1. The van der Waals surface area contributed by atoms with E-state index in [9.17, 15) is 4.79 Å². The number of benzene rings is 2. The van der Waals surface area contributed by atoms with Crippen molar-refractivity contribution in [3.05, 3.63) is 83.2 Å². The molecule has 0 aliphatic carbocycles. The van der Waals surface area contributed by atoms with Crippen LogP contribution in [0.25, 0.3) is 22.2 Å². The van der Waals surface area contributed by atoms with Gasteiger partial charge >= 0.3 is 0 Å². The molecule has 0 saturated heterocycles. The van der Waals surface area contributed by atoms with Gasteiger partial charge < -0.3 is 9.42 Å². The van der Waals surface area contributed by atoms with Crippen LogP contribution in [0.1, 0.15) is 33.8 Å². The highest BCUT2D eigenvalue weighted by Gasteiger charge is 2.16. The van der Waals surface area contributed by atoms with E-state index < -0.39 is 0 Å². The van der Waals surface area contributed by atoms with Gasteiger partial charge in [-0.2, -0.15) is 0 Å². The maximum Gasteiger partial charge on any atom is 0.254 e. The molecule has 152 valence electrons. The van der Waals surface area contributed by atoms with Crippen molar-refractivity contribution >= 4 is 16.8 Å². The third kappa shape index (κ3) is 4.25. The van der Waals surface area contributed by atoms with Gasteiger partial charge in [0.2, 0.25) is 0 Å². The number of amides is 1. The van der Waals surface area contributed by atoms with Gasteiger partial charge in [0, 0.05) is 42.7 Å². The zero-order chi connectivity index (χ0) is 21.1. The van der Waals surface area contributed by atoms with Gasteiger partial charge in [0.15, 0.2) is 0 Å². The van der Waals surface area contributed by atoms with Crippen molar-refractivity contribution in [3.8, 4) is 11.3 Å². The van der Waals surface area contributed by atoms with Gasteiger partial charge in [0.1, 0.15) is 11.5 Å². The summed E-state index contributed by atoms with van der Waals surface area (Å²) in [5, 5.41) is 5.06. The fourth-order valence-corrected chi connectivity index (χ4v) is 3.62. The van der Waals surface area contributed by atoms with Gasteiger partial charge in [-0.1, -0.05) is 47.1 Å². The second kappa shape index (κ2) is 8.49. The number of rotatable bonds is 6. The maximum atomic E-state index is 13.1. The molecule has 0 atom stereocenters. The lowest BCUT2D eigenvalue weighted by atomic mass is 10.0. The smallest absolute Gasteiger partial charge is 0.254 e. The first-order valence-corrected chi connectivity index (χ1v) is 10.2. The summed E-state index contributed by atoms with van der Waals surface area (Å²) in [5.41, 5.74) is 5.39. The molecule has 5 nitrogen and oxygen atoms in total. The largest absolute Gasteiger partial charge is 0.361 e. The number of aromatic nitrogens is 2. The lowest BCUT2D eigenvalue weighted by molar-refractivity contribution is 0.0794. The molecular weight excluding hydrogens is 374 g/mol. The van der Waals surface area contributed by atoms with Crippen LogP contribution in [0, 0.1) is 13.8 Å². The molecule has 0 spiro atoms. The Morgan fingerprint density at radius 2 is 1.83 bits per heavy atom. The Hall–Kier alpha value is -3.47. The second-order valence-electron chi connectivity index (χ2n) is 7.71. The standard InChI is InChI=1S/C25H25N3O2/c1-17-11-12-23-21(14-17)22(15-18(2)26-23)25(29)28(3)13-7-10-20-16-24(27-30-20)19-8-5-4-6-9-19/h4-6,8-9,11-12,14-16H,7,10,13H2,1-3H3. The number of hydrogen-bond acceptors (Lipinski definition) is 4. The van der Waals surface area contributed by atoms with Crippen molar-refractivity contribution in [1.82, 2.24) is 15.0 Å². The predicted octanol–water partition coefficient (Wildman–Crippen LogP) is 5.21. The molecular formula is C25H25N3O2. The molecule has 2 aromatic heterocycles. The number of aryl methyl sites for hydroxylation is 3. The molecule has 0 aliphatic rings. The van der Waals surface area contributed by atoms with Crippen molar-refractivity contribution in [2.45, 2.75) is 26.7 Å². The van der Waals surface area contributed by atoms with Crippen molar-refractivity contribution < 1.29 is 9.32 Å². The van der Waals surface area contributed by atoms with Gasteiger partial charge in [-0.15, -0.1) is 0 Å². The van der Waals surface area contributed by atoms with Gasteiger partial charge in [-0.25, -0.2) is 0 Å². The summed E-state index contributed by atoms with van der Waals surface area (Å²) in [5.74, 6) is 0.842. The molecule has 0 aliphatic heterocycles. The summed E-state index contributed by atoms with van der Waals surface area (Å²) >= 11 is 0. The Bertz CT molecular complexity index is 1180. The van der Waals surface area contributed by atoms with Crippen molar-refractivity contribution in [2.75, 3.05) is 13.6 Å². The van der Waals surface area contributed by atoms with Crippen LogP contribution in [0.5, 0.6) is 0 Å². The number of hydrogen-bond donors (Lipinski definition) is 0. The molecule has 4 aromatic rings. The molecule has 0 fully saturated rings. The van der Waals surface area contributed by atoms with Crippen LogP contribution < -0.4 is 0 Å².